The van der Waals surface area contributed by atoms with E-state index in [-0.39, 0.29) is 16.9 Å². The van der Waals surface area contributed by atoms with Gasteiger partial charge in [-0.05, 0) is 109 Å². The minimum Gasteiger partial charge on any atom is -0.507 e. The average molecular weight is 663 g/mol. The van der Waals surface area contributed by atoms with Crippen molar-refractivity contribution >= 4 is 0 Å². The van der Waals surface area contributed by atoms with Crippen molar-refractivity contribution in [2.75, 3.05) is 0 Å². The summed E-state index contributed by atoms with van der Waals surface area (Å²) in [5, 5.41) is 22.6. The topological polar surface area (TPSA) is 76.1 Å². The first kappa shape index (κ1) is 32.1. The van der Waals surface area contributed by atoms with Crippen LogP contribution in [0.15, 0.2) is 109 Å². The lowest BCUT2D eigenvalue weighted by molar-refractivity contribution is 0.334. The number of nitrogens with zero attached hydrogens (tertiary/aromatic N) is 4. The molecule has 2 N–H and O–H groups in total. The van der Waals surface area contributed by atoms with Crippen molar-refractivity contribution in [1.29, 1.82) is 0 Å². The van der Waals surface area contributed by atoms with Gasteiger partial charge in [0.2, 0.25) is 0 Å². The van der Waals surface area contributed by atoms with Gasteiger partial charge in [-0.15, -0.1) is 0 Å². The number of para-hydroxylation sites is 2. The second kappa shape index (κ2) is 13.0. The first-order valence-electron chi connectivity index (χ1n) is 18.2. The van der Waals surface area contributed by atoms with E-state index in [9.17, 15) is 10.2 Å². The van der Waals surface area contributed by atoms with Crippen LogP contribution in [0.25, 0.3) is 45.5 Å². The molecule has 0 saturated heterocycles. The zero-order valence-corrected chi connectivity index (χ0v) is 29.1. The van der Waals surface area contributed by atoms with Crippen LogP contribution in [0, 0.1) is 10.8 Å². The van der Waals surface area contributed by atoms with E-state index in [1.165, 1.54) is 56.9 Å². The summed E-state index contributed by atoms with van der Waals surface area (Å²) in [6, 6.07) is 32.3. The smallest absolute Gasteiger partial charge is 0.182 e. The molecule has 0 spiro atoms. The van der Waals surface area contributed by atoms with Crippen LogP contribution in [-0.4, -0.2) is 29.3 Å². The molecule has 254 valence electrons. The summed E-state index contributed by atoms with van der Waals surface area (Å²) in [4.78, 5) is 10.4. The fourth-order valence-electron chi connectivity index (χ4n) is 8.50. The number of hydrogen-bond acceptors (Lipinski definition) is 4. The number of hydrogen-bond donors (Lipinski definition) is 2. The molecular weight excluding hydrogens is 617 g/mol. The quantitative estimate of drug-likeness (QED) is 0.162. The molecule has 0 aliphatic heterocycles. The molecule has 4 aromatic carbocycles. The van der Waals surface area contributed by atoms with Crippen molar-refractivity contribution in [3.05, 3.63) is 121 Å². The van der Waals surface area contributed by atoms with Crippen LogP contribution in [-0.2, 0) is 12.8 Å². The lowest BCUT2D eigenvalue weighted by atomic mass is 9.82. The van der Waals surface area contributed by atoms with Crippen LogP contribution in [0.2, 0.25) is 0 Å². The zero-order chi connectivity index (χ0) is 34.3. The van der Waals surface area contributed by atoms with Crippen LogP contribution in [0.1, 0.15) is 76.3 Å². The molecule has 2 fully saturated rings. The van der Waals surface area contributed by atoms with E-state index in [0.717, 1.165) is 29.8 Å². The van der Waals surface area contributed by atoms with E-state index in [1.807, 2.05) is 71.6 Å². The third-order valence-electron chi connectivity index (χ3n) is 11.2. The monoisotopic (exact) mass is 662 g/mol. The number of aromatic hydroxyl groups is 2. The minimum absolute atomic E-state index is 0.207. The normalized spacial score (nSPS) is 16.6. The van der Waals surface area contributed by atoms with Crippen molar-refractivity contribution in [1.82, 2.24) is 19.1 Å². The maximum atomic E-state index is 11.4. The summed E-state index contributed by atoms with van der Waals surface area (Å²) in [6.07, 6.45) is 16.0. The number of imidazole rings is 2. The number of benzene rings is 4. The molecule has 0 amide bonds. The fourth-order valence-corrected chi connectivity index (χ4v) is 8.50. The minimum atomic E-state index is 0.207. The maximum Gasteiger partial charge on any atom is 0.182 e. The Morgan fingerprint density at radius 3 is 1.50 bits per heavy atom. The van der Waals surface area contributed by atoms with Gasteiger partial charge in [-0.1, -0.05) is 88.1 Å². The molecule has 0 unspecified atom stereocenters. The van der Waals surface area contributed by atoms with E-state index in [1.54, 1.807) is 0 Å². The van der Waals surface area contributed by atoms with Crippen molar-refractivity contribution in [3.8, 4) is 57.0 Å². The summed E-state index contributed by atoms with van der Waals surface area (Å²) in [5.41, 5.74) is 7.57. The molecule has 6 aromatic rings. The predicted molar refractivity (Wildman–Crippen MR) is 201 cm³/mol. The molecule has 50 heavy (non-hydrogen) atoms. The van der Waals surface area contributed by atoms with Crippen molar-refractivity contribution in [3.63, 3.8) is 0 Å². The third kappa shape index (κ3) is 6.35. The zero-order valence-electron chi connectivity index (χ0n) is 29.1. The molecule has 6 nitrogen and oxygen atoms in total. The van der Waals surface area contributed by atoms with E-state index in [2.05, 4.69) is 60.9 Å². The van der Waals surface area contributed by atoms with Gasteiger partial charge in [0.05, 0.1) is 11.4 Å². The van der Waals surface area contributed by atoms with Gasteiger partial charge in [0.1, 0.15) is 11.5 Å². The molecule has 2 aliphatic carbocycles. The number of phenolic OH excluding ortho intramolecular Hbond substituents is 2. The van der Waals surface area contributed by atoms with Crippen molar-refractivity contribution < 1.29 is 10.2 Å². The molecule has 2 heterocycles. The Morgan fingerprint density at radius 1 is 0.540 bits per heavy atom. The van der Waals surface area contributed by atoms with Gasteiger partial charge >= 0.3 is 0 Å². The van der Waals surface area contributed by atoms with Gasteiger partial charge < -0.3 is 10.2 Å². The number of aromatic nitrogens is 4. The van der Waals surface area contributed by atoms with E-state index >= 15 is 0 Å². The Morgan fingerprint density at radius 2 is 1.00 bits per heavy atom. The first-order chi connectivity index (χ1) is 24.3. The predicted octanol–water partition coefficient (Wildman–Crippen LogP) is 10.7. The number of rotatable bonds is 9. The Bertz CT molecular complexity index is 2120. The third-order valence-corrected chi connectivity index (χ3v) is 11.2. The second-order valence-corrected chi connectivity index (χ2v) is 15.4. The van der Waals surface area contributed by atoms with E-state index in [4.69, 9.17) is 9.97 Å². The first-order valence-corrected chi connectivity index (χ1v) is 18.2. The largest absolute Gasteiger partial charge is 0.507 e. The van der Waals surface area contributed by atoms with Crippen molar-refractivity contribution in [2.45, 2.75) is 78.1 Å². The molecule has 0 atom stereocenters. The van der Waals surface area contributed by atoms with Crippen LogP contribution in [0.5, 0.6) is 11.5 Å². The molecular formula is C44H46N4O2. The second-order valence-electron chi connectivity index (χ2n) is 15.4. The standard InChI is InChI=1S/C44H46N4O2/c1-43(21-9-10-22-43)27-31-18-20-39(49)36(25-31)38-30-48(34-15-7-4-8-16-34)42(46-38)41-45-37(29-47(41)33-13-5-3-6-14-33)35-19-17-32(26-40(35)50)28-44(2)23-11-12-24-44/h3-8,13-20,25-26,29-30,49-50H,9-12,21-24,27-28H2,1-2H3. The molecule has 6 heteroatoms. The summed E-state index contributed by atoms with van der Waals surface area (Å²) in [6.45, 7) is 4.75. The van der Waals surface area contributed by atoms with Crippen LogP contribution in [0.4, 0.5) is 0 Å². The highest BCUT2D eigenvalue weighted by Crippen LogP contribution is 2.43. The highest BCUT2D eigenvalue weighted by atomic mass is 16.3. The molecule has 2 aliphatic rings. The van der Waals surface area contributed by atoms with Gasteiger partial charge in [-0.3, -0.25) is 9.13 Å². The Balaban J connectivity index is 1.24. The van der Waals surface area contributed by atoms with Gasteiger partial charge in [-0.25, -0.2) is 9.97 Å². The van der Waals surface area contributed by atoms with Crippen LogP contribution < -0.4 is 0 Å². The SMILES string of the molecule is CC1(Cc2ccc(-c3cn(-c4ccccc4)c(-c4nc(-c5cc(CC6(C)CCCC6)ccc5O)cn4-c4ccccc4)n3)c(O)c2)CCCC1. The fraction of sp³-hybridized carbons (Fsp3) is 0.318. The molecule has 8 rings (SSSR count). The van der Waals surface area contributed by atoms with Gasteiger partial charge in [-0.2, -0.15) is 0 Å². The summed E-state index contributed by atoms with van der Waals surface area (Å²) < 4.78 is 4.10. The summed E-state index contributed by atoms with van der Waals surface area (Å²) in [7, 11) is 0. The Kier molecular flexibility index (Phi) is 8.34. The molecule has 0 radical (unpaired) electrons. The average Bonchev–Trinajstić information content (AvgIpc) is 3.94. The van der Waals surface area contributed by atoms with Crippen LogP contribution in [0.3, 0.4) is 0 Å². The highest BCUT2D eigenvalue weighted by molar-refractivity contribution is 5.74. The molecule has 0 bridgehead atoms. The van der Waals surface area contributed by atoms with Crippen molar-refractivity contribution in [2.24, 2.45) is 10.8 Å². The highest BCUT2D eigenvalue weighted by Gasteiger charge is 2.30. The van der Waals surface area contributed by atoms with E-state index < -0.39 is 0 Å². The Labute approximate surface area is 295 Å². The van der Waals surface area contributed by atoms with Crippen LogP contribution >= 0.6 is 0 Å². The van der Waals surface area contributed by atoms with E-state index in [0.29, 0.717) is 39.6 Å². The number of phenols is 2. The van der Waals surface area contributed by atoms with Gasteiger partial charge in [0.15, 0.2) is 11.6 Å². The summed E-state index contributed by atoms with van der Waals surface area (Å²) >= 11 is 0. The lowest BCUT2D eigenvalue weighted by Crippen LogP contribution is -2.14. The lowest BCUT2D eigenvalue weighted by Gasteiger charge is -2.23. The molecule has 2 saturated carbocycles. The molecule has 2 aromatic heterocycles. The maximum absolute atomic E-state index is 11.4. The summed E-state index contributed by atoms with van der Waals surface area (Å²) in [5.74, 6) is 1.72. The Hall–Kier alpha value is -5.10. The van der Waals surface area contributed by atoms with Gasteiger partial charge in [0.25, 0.3) is 0 Å². The van der Waals surface area contributed by atoms with Gasteiger partial charge in [0, 0.05) is 34.9 Å².